The Morgan fingerprint density at radius 2 is 0.524 bits per heavy atom. The van der Waals surface area contributed by atoms with Crippen molar-refractivity contribution in [3.8, 4) is 103 Å². The van der Waals surface area contributed by atoms with E-state index in [1.165, 1.54) is 41.7 Å². The average molecular weight is 1900 g/mol. The summed E-state index contributed by atoms with van der Waals surface area (Å²) in [4.78, 5) is 46.5. The Morgan fingerprint density at radius 1 is 0.163 bits per heavy atom. The summed E-state index contributed by atoms with van der Waals surface area (Å²) in [5.41, 5.74) is 23.8. The fourth-order valence-corrected chi connectivity index (χ4v) is 23.0. The van der Waals surface area contributed by atoms with E-state index in [1.807, 2.05) is 175 Å². The van der Waals surface area contributed by atoms with Gasteiger partial charge in [0.1, 0.15) is 44.7 Å². The van der Waals surface area contributed by atoms with E-state index in [-0.39, 0.29) is 0 Å². The standard InChI is InChI=1S/C45H27N5O.C45H26N4O2.C39H22N4OS/c1-3-14-28(15-4-1)43-46-44(34-21-13-25-39-40(34)33-20-9-12-24-38(33)51-39)48-45(47-43)50-36-23-11-8-19-32(36)41-37(50)27-26-31-30-18-7-10-22-35(30)49(42(31)41)29-16-5-2-6-17-29;1-2-11-27(12-3-1)28-13-10-14-29(23-28)43-46-44(30-21-22-34-32-16-5-8-19-39(32)50-41(34)24-30)48-45(47-43)49-37-18-7-4-15-31(37)35-26-42-36(25-38(35)49)33-17-6-9-20-40(33)51-42;1-2-10-23(11-3-1)37-40-38(24-18-19-27-26-13-5-8-16-33(26)44-34(27)20-24)42-39(41-37)43-31-15-7-4-12-25(31)29-22-36-30(21-32(29)43)28-14-6-9-17-35(28)45-36/h1-27H;1-26H;1-22H. The summed E-state index contributed by atoms with van der Waals surface area (Å²) >= 11 is 1.83. The molecule has 0 N–H and O–H groups in total. The zero-order valence-electron chi connectivity index (χ0n) is 78.2. The van der Waals surface area contributed by atoms with E-state index in [4.69, 9.17) is 62.5 Å². The van der Waals surface area contributed by atoms with Gasteiger partial charge in [-0.1, -0.05) is 322 Å². The van der Waals surface area contributed by atoms with Gasteiger partial charge in [0, 0.05) is 145 Å². The molecule has 0 bridgehead atoms. The van der Waals surface area contributed by atoms with Crippen LogP contribution in [-0.4, -0.2) is 63.1 Å². The van der Waals surface area contributed by atoms with Crippen LogP contribution >= 0.6 is 11.3 Å². The molecule has 0 aliphatic rings. The number of furan rings is 4. The number of aromatic nitrogens is 13. The van der Waals surface area contributed by atoms with Gasteiger partial charge in [0.15, 0.2) is 34.9 Å². The van der Waals surface area contributed by atoms with Crippen LogP contribution in [0, 0.1) is 0 Å². The Bertz CT molecular complexity index is 11000. The molecule has 686 valence electrons. The Labute approximate surface area is 839 Å². The molecule has 0 saturated heterocycles. The molecule has 18 heteroatoms. The average Bonchev–Trinajstić information content (AvgIpc) is 1.53. The summed E-state index contributed by atoms with van der Waals surface area (Å²) in [6, 6.07) is 157. The second-order valence-electron chi connectivity index (χ2n) is 37.0. The number of para-hydroxylation sites is 9. The molecule has 0 aliphatic carbocycles. The molecular formula is C129H75N13O4S. The lowest BCUT2D eigenvalue weighted by molar-refractivity contribution is 0.668. The van der Waals surface area contributed by atoms with E-state index in [9.17, 15) is 0 Å². The summed E-state index contributed by atoms with van der Waals surface area (Å²) in [6.45, 7) is 0. The molecular weight excluding hydrogens is 1830 g/mol. The van der Waals surface area contributed by atoms with Gasteiger partial charge < -0.3 is 22.2 Å². The van der Waals surface area contributed by atoms with E-state index >= 15 is 0 Å². The second kappa shape index (κ2) is 33.4. The molecule has 12 aromatic heterocycles. The van der Waals surface area contributed by atoms with E-state index in [2.05, 4.69) is 309 Å². The highest BCUT2D eigenvalue weighted by molar-refractivity contribution is 7.25. The third kappa shape index (κ3) is 13.6. The van der Waals surface area contributed by atoms with Crippen molar-refractivity contribution < 1.29 is 17.7 Å². The molecule has 0 spiro atoms. The minimum Gasteiger partial charge on any atom is -0.456 e. The van der Waals surface area contributed by atoms with Gasteiger partial charge in [-0.3, -0.25) is 13.7 Å². The third-order valence-electron chi connectivity index (χ3n) is 28.5. The third-order valence-corrected chi connectivity index (χ3v) is 29.6. The Hall–Kier alpha value is -20.0. The van der Waals surface area contributed by atoms with Gasteiger partial charge >= 0.3 is 0 Å². The first-order chi connectivity index (χ1) is 72.8. The highest BCUT2D eigenvalue weighted by atomic mass is 32.1. The molecule has 0 aliphatic heterocycles. The topological polar surface area (TPSA) is 188 Å². The molecule has 0 saturated carbocycles. The van der Waals surface area contributed by atoms with Crippen LogP contribution in [0.3, 0.4) is 0 Å². The SMILES string of the molecule is c1ccc(-c2cccc(-c3nc(-c4ccc5c(c4)oc4ccccc45)nc(-n4c5ccccc5c5cc6oc7ccccc7c6cc54)n3)c2)cc1.c1ccc(-c2nc(-c3ccc4c(c3)oc3ccccc34)nc(-n3c4ccccc4c4cc5sc6ccccc6c5cc43)n2)cc1.c1ccc(-c2nc(-c3cccc4oc5ccccc5c34)nc(-n3c4ccccc4c4c3ccc3c5ccccc5n(-c5ccccc5)c34)n2)cc1. The summed E-state index contributed by atoms with van der Waals surface area (Å²) in [5.74, 6) is 5.20. The van der Waals surface area contributed by atoms with Crippen LogP contribution < -0.4 is 0 Å². The van der Waals surface area contributed by atoms with E-state index in [1.54, 1.807) is 0 Å². The predicted octanol–water partition coefficient (Wildman–Crippen LogP) is 33.6. The largest absolute Gasteiger partial charge is 0.456 e. The van der Waals surface area contributed by atoms with Gasteiger partial charge in [-0.2, -0.15) is 29.9 Å². The number of rotatable bonds is 11. The van der Waals surface area contributed by atoms with E-state index in [0.717, 1.165) is 204 Å². The van der Waals surface area contributed by atoms with Crippen molar-refractivity contribution in [3.63, 3.8) is 0 Å². The zero-order chi connectivity index (χ0) is 96.4. The van der Waals surface area contributed by atoms with Crippen LogP contribution in [0.15, 0.2) is 473 Å². The number of thiophene rings is 1. The molecule has 12 heterocycles. The first-order valence-corrected chi connectivity index (χ1v) is 49.7. The maximum Gasteiger partial charge on any atom is 0.238 e. The van der Waals surface area contributed by atoms with Gasteiger partial charge in [0.25, 0.3) is 0 Å². The molecule has 0 fully saturated rings. The first-order valence-electron chi connectivity index (χ1n) is 48.8. The maximum absolute atomic E-state index is 6.32. The molecule has 32 aromatic rings. The Kier molecular flexibility index (Phi) is 18.8. The number of hydrogen-bond acceptors (Lipinski definition) is 14. The molecule has 20 aromatic carbocycles. The smallest absolute Gasteiger partial charge is 0.238 e. The normalized spacial score (nSPS) is 11.9. The zero-order valence-corrected chi connectivity index (χ0v) is 79.0. The van der Waals surface area contributed by atoms with Crippen molar-refractivity contribution in [1.29, 1.82) is 0 Å². The van der Waals surface area contributed by atoms with Crippen LogP contribution in [0.25, 0.3) is 298 Å². The van der Waals surface area contributed by atoms with Crippen molar-refractivity contribution in [1.82, 2.24) is 63.1 Å². The minimum atomic E-state index is 0.531. The summed E-state index contributed by atoms with van der Waals surface area (Å²) < 4.78 is 36.6. The minimum absolute atomic E-state index is 0.531. The number of fused-ring (bicyclic) bond motifs is 28. The van der Waals surface area contributed by atoms with Crippen LogP contribution in [-0.2, 0) is 0 Å². The second-order valence-corrected chi connectivity index (χ2v) is 38.0. The van der Waals surface area contributed by atoms with Gasteiger partial charge in [0.05, 0.1) is 44.1 Å². The van der Waals surface area contributed by atoms with Crippen LogP contribution in [0.5, 0.6) is 0 Å². The fraction of sp³-hybridized carbons (Fsp3) is 0. The Balaban J connectivity index is 0.000000102. The molecule has 147 heavy (non-hydrogen) atoms. The monoisotopic (exact) mass is 1900 g/mol. The lowest BCUT2D eigenvalue weighted by Crippen LogP contribution is -2.06. The van der Waals surface area contributed by atoms with Gasteiger partial charge in [-0.05, 0) is 145 Å². The van der Waals surface area contributed by atoms with Crippen LogP contribution in [0.2, 0.25) is 0 Å². The molecule has 32 rings (SSSR count). The van der Waals surface area contributed by atoms with E-state index < -0.39 is 0 Å². The van der Waals surface area contributed by atoms with Gasteiger partial charge in [-0.25, -0.2) is 15.0 Å². The van der Waals surface area contributed by atoms with Crippen LogP contribution in [0.4, 0.5) is 0 Å². The molecule has 0 atom stereocenters. The predicted molar refractivity (Wildman–Crippen MR) is 597 cm³/mol. The van der Waals surface area contributed by atoms with Crippen molar-refractivity contribution in [3.05, 3.63) is 455 Å². The Morgan fingerprint density at radius 3 is 1.09 bits per heavy atom. The molecule has 0 unspecified atom stereocenters. The van der Waals surface area contributed by atoms with Crippen molar-refractivity contribution in [2.24, 2.45) is 0 Å². The quantitative estimate of drug-likeness (QED) is 0.119. The number of nitrogens with zero attached hydrogens (tertiary/aromatic N) is 13. The lowest BCUT2D eigenvalue weighted by Gasteiger charge is -2.12. The van der Waals surface area contributed by atoms with Crippen molar-refractivity contribution in [2.45, 2.75) is 0 Å². The molecule has 0 radical (unpaired) electrons. The van der Waals surface area contributed by atoms with Gasteiger partial charge in [-0.15, -0.1) is 11.3 Å². The first kappa shape index (κ1) is 82.9. The summed E-state index contributed by atoms with van der Waals surface area (Å²) in [5, 5.41) is 20.1. The van der Waals surface area contributed by atoms with Crippen molar-refractivity contribution >= 4 is 206 Å². The summed E-state index contributed by atoms with van der Waals surface area (Å²) in [6.07, 6.45) is 0. The number of benzene rings is 20. The maximum atomic E-state index is 6.32. The highest BCUT2D eigenvalue weighted by Gasteiger charge is 2.29. The lowest BCUT2D eigenvalue weighted by atomic mass is 10.0. The van der Waals surface area contributed by atoms with Crippen LogP contribution in [0.1, 0.15) is 0 Å². The number of hydrogen-bond donors (Lipinski definition) is 0. The summed E-state index contributed by atoms with van der Waals surface area (Å²) in [7, 11) is 0. The highest BCUT2D eigenvalue weighted by Crippen LogP contribution is 2.48. The fourth-order valence-electron chi connectivity index (χ4n) is 21.9. The van der Waals surface area contributed by atoms with Gasteiger partial charge in [0.2, 0.25) is 17.8 Å². The van der Waals surface area contributed by atoms with Crippen molar-refractivity contribution in [2.75, 3.05) is 0 Å². The molecule has 0 amide bonds. The van der Waals surface area contributed by atoms with E-state index in [0.29, 0.717) is 52.8 Å². The molecule has 17 nitrogen and oxygen atoms in total.